The first-order valence-corrected chi connectivity index (χ1v) is 54.0. The number of fused-ring (bicyclic) bond motifs is 4. The van der Waals surface area contributed by atoms with Crippen LogP contribution < -0.4 is 10.6 Å². The lowest BCUT2D eigenvalue weighted by Crippen LogP contribution is -2.39. The number of hydrogen-bond donors (Lipinski definition) is 4. The van der Waals surface area contributed by atoms with E-state index in [9.17, 15) is 34.6 Å². The van der Waals surface area contributed by atoms with Gasteiger partial charge in [0.2, 0.25) is 0 Å². The van der Waals surface area contributed by atoms with Crippen molar-refractivity contribution in [3.63, 3.8) is 0 Å². The second-order valence-electron chi connectivity index (χ2n) is 48.2. The number of ketones is 2. The lowest BCUT2D eigenvalue weighted by Gasteiger charge is -2.44. The second-order valence-corrected chi connectivity index (χ2v) is 51.0. The molecular weight excluding hydrogens is 1610 g/mol. The summed E-state index contributed by atoms with van der Waals surface area (Å²) in [4.78, 5) is 24.4. The zero-order valence-corrected chi connectivity index (χ0v) is 86.7. The van der Waals surface area contributed by atoms with E-state index in [1.165, 1.54) is 164 Å². The molecule has 11 saturated carbocycles. The summed E-state index contributed by atoms with van der Waals surface area (Å²) < 4.78 is 31.1. The minimum atomic E-state index is -2.64. The minimum absolute atomic E-state index is 0. The summed E-state index contributed by atoms with van der Waals surface area (Å²) in [5.41, 5.74) is 10.6. The molecule has 2 aromatic rings. The first kappa shape index (κ1) is 110. The monoisotopic (exact) mass is 1800 g/mol. The van der Waals surface area contributed by atoms with E-state index < -0.39 is 30.6 Å². The third-order valence-corrected chi connectivity index (χ3v) is 39.0. The Morgan fingerprint density at radius 2 is 0.791 bits per heavy atom. The standard InChI is InChI=1S/C30H50O3.C27H46O3.C23H27OP.C19H34O.C18H32O2.CH4.H2/c1-21(11-9-17-29(3,4)33-8)25-15-16-26-24(12-10-18-30(25,26)5)14-13-23-19-27(31-6)22(2)28(20-23)32-7;1-18(8-6-14-26(3,4)30)22-12-13-23-21(9-7-15-27(22,23)5)11-10-20-16-24(28)19(2)25(29)17-20;1-18-16-21(17-19(2)20(18)3)14-15-25(24,22-10-6-4-7-11-22)23-12-8-5-9-13-23;1-14(8-6-12-18(2,3)4)15-10-11-16-17(20)9-7-13-19(15,16)5;1-13(7-5-11-17(2,3)20)14-9-10-15-16(19)8-6-12-18(14,15)4;;/h13-14,21,25-28H,2,9-12,15-20H2,1,3-8H3;10-11,18-19,22-25,28-30H,6-9,12-17H2,1-5H3;4-14,18-19H,3,15-17H2,1-2H3;14-16H,6-13H2,1-5H3;13-15,20H,5-12H2,1-4H3;1H4;1H/b23-13?,24-14+;20-10?,21-11+;;;;;/t21-,25?,26?,27?,28?,30+;18-,19?,22?,23?,24+,25+,27+;;14-,15?,16-,19+;13-,14?,15-,18+;;/m00.00../s1. The molecule has 0 spiro atoms. The quantitative estimate of drug-likeness (QED) is 0.0477. The normalized spacial score (nSPS) is 33.5. The van der Waals surface area contributed by atoms with E-state index in [1.54, 1.807) is 25.4 Å². The number of allylic oxidation sites excluding steroid dienone is 9. The molecule has 0 bridgehead atoms. The van der Waals surface area contributed by atoms with Crippen LogP contribution in [0.4, 0.5) is 0 Å². The molecule has 0 radical (unpaired) electrons. The Kier molecular flexibility index (Phi) is 41.2. The molecule has 11 heteroatoms. The van der Waals surface area contributed by atoms with E-state index in [2.05, 4.69) is 147 Å². The summed E-state index contributed by atoms with van der Waals surface area (Å²) >= 11 is 0. The minimum Gasteiger partial charge on any atom is -0.392 e. The van der Waals surface area contributed by atoms with Crippen molar-refractivity contribution in [3.8, 4) is 0 Å². The van der Waals surface area contributed by atoms with Crippen molar-refractivity contribution in [2.24, 2.45) is 116 Å². The van der Waals surface area contributed by atoms with Gasteiger partial charge in [-0.25, -0.2) is 0 Å². The Balaban J connectivity index is 0.000000224. The van der Waals surface area contributed by atoms with Gasteiger partial charge in [-0.1, -0.05) is 293 Å². The molecule has 4 N–H and O–H groups in total. The smallest absolute Gasteiger partial charge is 0.146 e. The van der Waals surface area contributed by atoms with Gasteiger partial charge in [0, 0.05) is 70.1 Å². The maximum atomic E-state index is 14.0. The Morgan fingerprint density at radius 3 is 1.14 bits per heavy atom. The average molecular weight is 1800 g/mol. The first-order chi connectivity index (χ1) is 60.1. The van der Waals surface area contributed by atoms with Gasteiger partial charge in [-0.05, 0) is 325 Å². The number of methoxy groups -OCH3 is 3. The highest BCUT2D eigenvalue weighted by Crippen LogP contribution is 2.63. The number of carbonyl (C=O) groups is 2. The van der Waals surface area contributed by atoms with Crippen LogP contribution in [0.2, 0.25) is 0 Å². The van der Waals surface area contributed by atoms with Crippen LogP contribution in [0.25, 0.3) is 0 Å². The molecule has 129 heavy (non-hydrogen) atoms. The maximum Gasteiger partial charge on any atom is 0.146 e. The summed E-state index contributed by atoms with van der Waals surface area (Å²) in [5.74, 6) is 10.4. The highest BCUT2D eigenvalue weighted by Gasteiger charge is 2.56. The molecule has 0 aromatic heterocycles. The highest BCUT2D eigenvalue weighted by molar-refractivity contribution is 7.78. The predicted molar refractivity (Wildman–Crippen MR) is 549 cm³/mol. The Morgan fingerprint density at radius 1 is 0.457 bits per heavy atom. The maximum absolute atomic E-state index is 14.0. The molecule has 10 nitrogen and oxygen atoms in total. The molecule has 0 saturated heterocycles. The van der Waals surface area contributed by atoms with E-state index >= 15 is 0 Å². The number of benzene rings is 2. The molecule has 0 heterocycles. The summed E-state index contributed by atoms with van der Waals surface area (Å²) in [7, 11) is 2.76. The molecule has 10 unspecified atom stereocenters. The number of hydrogen-bond acceptors (Lipinski definition) is 10. The molecular formula is C118H195O10P. The van der Waals surface area contributed by atoms with Crippen LogP contribution in [-0.4, -0.2) is 101 Å². The van der Waals surface area contributed by atoms with Crippen molar-refractivity contribution in [1.82, 2.24) is 0 Å². The molecule has 0 aliphatic heterocycles. The molecule has 22 atom stereocenters. The molecule has 13 rings (SSSR count). The van der Waals surface area contributed by atoms with Gasteiger partial charge in [0.05, 0.1) is 41.2 Å². The number of aliphatic hydroxyl groups excluding tert-OH is 2. The van der Waals surface area contributed by atoms with Crippen LogP contribution in [-0.2, 0) is 28.4 Å². The Hall–Kier alpha value is -4.09. The predicted octanol–water partition coefficient (Wildman–Crippen LogP) is 29.9. The molecule has 11 fully saturated rings. The van der Waals surface area contributed by atoms with Gasteiger partial charge in [0.15, 0.2) is 0 Å². The topological polar surface area (TPSA) is 160 Å². The van der Waals surface area contributed by atoms with Crippen LogP contribution in [0, 0.1) is 116 Å². The highest BCUT2D eigenvalue weighted by atomic mass is 31.2. The van der Waals surface area contributed by atoms with Crippen molar-refractivity contribution >= 4 is 29.3 Å². The third-order valence-electron chi connectivity index (χ3n) is 36.1. The molecule has 11 aliphatic rings. The summed E-state index contributed by atoms with van der Waals surface area (Å²) in [6, 6.07) is 19.9. The lowest BCUT2D eigenvalue weighted by atomic mass is 9.60. The lowest BCUT2D eigenvalue weighted by molar-refractivity contribution is -0.130. The van der Waals surface area contributed by atoms with Gasteiger partial charge in [-0.3, -0.25) is 9.59 Å². The summed E-state index contributed by atoms with van der Waals surface area (Å²) in [5, 5.41) is 42.2. The largest absolute Gasteiger partial charge is 0.392 e. The second kappa shape index (κ2) is 48.3. The molecule has 2 aromatic carbocycles. The number of Topliss-reactive ketones (excluding diaryl/α,β-unsaturated/α-hetero) is 2. The van der Waals surface area contributed by atoms with E-state index in [1.807, 2.05) is 102 Å². The van der Waals surface area contributed by atoms with Gasteiger partial charge in [-0.2, -0.15) is 0 Å². The van der Waals surface area contributed by atoms with Crippen LogP contribution in [0.3, 0.4) is 0 Å². The fraction of sp³-hybridized carbons (Fsp3) is 0.763. The first-order valence-electron chi connectivity index (χ1n) is 52.1. The van der Waals surface area contributed by atoms with Crippen LogP contribution >= 0.6 is 7.14 Å². The summed E-state index contributed by atoms with van der Waals surface area (Å²) in [6.45, 7) is 53.7. The number of aliphatic hydroxyl groups is 4. The fourth-order valence-corrected chi connectivity index (χ4v) is 30.4. The zero-order chi connectivity index (χ0) is 94.1. The fourth-order valence-electron chi connectivity index (χ4n) is 27.9. The number of rotatable bonds is 28. The van der Waals surface area contributed by atoms with Gasteiger partial charge < -0.3 is 39.2 Å². The zero-order valence-electron chi connectivity index (χ0n) is 85.8. The van der Waals surface area contributed by atoms with E-state index in [0.717, 1.165) is 142 Å². The van der Waals surface area contributed by atoms with E-state index in [-0.39, 0.29) is 38.0 Å². The third kappa shape index (κ3) is 29.3. The molecule has 732 valence electrons. The van der Waals surface area contributed by atoms with Crippen molar-refractivity contribution < 1.29 is 50.2 Å². The van der Waals surface area contributed by atoms with Crippen molar-refractivity contribution in [3.05, 3.63) is 143 Å². The number of ether oxygens (including phenoxy) is 3. The van der Waals surface area contributed by atoms with Crippen LogP contribution in [0.15, 0.2) is 143 Å². The number of carbonyl (C=O) groups excluding carboxylic acids is 2. The van der Waals surface area contributed by atoms with Crippen molar-refractivity contribution in [2.45, 2.75) is 431 Å². The average Bonchev–Trinajstić information content (AvgIpc) is 1.54. The van der Waals surface area contributed by atoms with Crippen LogP contribution in [0.1, 0.15) is 391 Å². The van der Waals surface area contributed by atoms with Crippen molar-refractivity contribution in [1.29, 1.82) is 0 Å². The molecule has 11 aliphatic carbocycles. The van der Waals surface area contributed by atoms with Gasteiger partial charge in [0.25, 0.3) is 0 Å². The van der Waals surface area contributed by atoms with E-state index in [4.69, 9.17) is 14.2 Å². The van der Waals surface area contributed by atoms with E-state index in [0.29, 0.717) is 99.6 Å². The SMILES string of the molecule is C.C=C1C(C)CC(=CCP(=O)(c2ccccc2)c2ccccc2)CC1C.C=C1C(OC)CC(=C/C=C2\CCC[C@@]3(C)C2CCC3[C@@H](C)CCCC(C)(C)OC)CC1OC.CC1[C@H](O)CC(=C/C=C2\CCC[C@@]3(C)C2CCC3[C@@H](C)CCCC(C)(C)O)C[C@H]1O.C[C@@H](CCCC(C)(C)C)C1CC[C@H]2C(=O)CCC[C@]12C.C[C@@H](CCCC(C)(C)O)C1CC[C@H]2C(=O)CCC[C@]12C.[HH]. The van der Waals surface area contributed by atoms with Crippen LogP contribution in [0.5, 0.6) is 0 Å². The van der Waals surface area contributed by atoms with Gasteiger partial charge in [0.1, 0.15) is 18.7 Å². The van der Waals surface area contributed by atoms with Crippen molar-refractivity contribution in [2.75, 3.05) is 27.5 Å². The van der Waals surface area contributed by atoms with Gasteiger partial charge in [-0.15, -0.1) is 0 Å². The molecule has 0 amide bonds. The van der Waals surface area contributed by atoms with Gasteiger partial charge >= 0.3 is 0 Å². The Labute approximate surface area is 792 Å². The summed E-state index contributed by atoms with van der Waals surface area (Å²) in [6.07, 6.45) is 55.5. The Bertz CT molecular complexity index is 3910.